The van der Waals surface area contributed by atoms with Gasteiger partial charge in [-0.05, 0) is 36.5 Å². The topological polar surface area (TPSA) is 63.6 Å². The van der Waals surface area contributed by atoms with Crippen molar-refractivity contribution in [1.29, 1.82) is 0 Å². The van der Waals surface area contributed by atoms with E-state index in [0.29, 0.717) is 18.4 Å². The molecule has 23 heavy (non-hydrogen) atoms. The van der Waals surface area contributed by atoms with Gasteiger partial charge in [-0.25, -0.2) is 9.59 Å². The summed E-state index contributed by atoms with van der Waals surface area (Å²) in [6, 6.07) is 0. The molecule has 0 spiro atoms. The standard InChI is InChI=1S/C19H34O4/c1-11(2)9-15(18(20)21)16(10-12(3)4)19(22)23-17(13(5)6)14(7)8/h11-14,17H,9-10H2,1-8H3,(H,20,21)/b16-15-. The van der Waals surface area contributed by atoms with Crippen molar-refractivity contribution in [1.82, 2.24) is 0 Å². The molecule has 4 heteroatoms. The van der Waals surface area contributed by atoms with Gasteiger partial charge in [-0.15, -0.1) is 0 Å². The molecule has 0 amide bonds. The summed E-state index contributed by atoms with van der Waals surface area (Å²) in [4.78, 5) is 24.3. The van der Waals surface area contributed by atoms with Crippen molar-refractivity contribution >= 4 is 11.9 Å². The number of carbonyl (C=O) groups excluding carboxylic acids is 1. The molecule has 0 aliphatic rings. The Labute approximate surface area is 141 Å². The fraction of sp³-hybridized carbons (Fsp3) is 0.789. The van der Waals surface area contributed by atoms with E-state index in [4.69, 9.17) is 4.74 Å². The van der Waals surface area contributed by atoms with Crippen LogP contribution in [0.15, 0.2) is 11.1 Å². The van der Waals surface area contributed by atoms with Gasteiger partial charge in [0.2, 0.25) is 0 Å². The molecule has 134 valence electrons. The van der Waals surface area contributed by atoms with Crippen LogP contribution in [0.1, 0.15) is 68.2 Å². The van der Waals surface area contributed by atoms with Gasteiger partial charge in [0.05, 0.1) is 0 Å². The van der Waals surface area contributed by atoms with E-state index in [9.17, 15) is 14.7 Å². The number of aliphatic carboxylic acids is 1. The maximum Gasteiger partial charge on any atom is 0.334 e. The van der Waals surface area contributed by atoms with Crippen LogP contribution in [0.25, 0.3) is 0 Å². The van der Waals surface area contributed by atoms with Crippen molar-refractivity contribution in [2.75, 3.05) is 0 Å². The highest BCUT2D eigenvalue weighted by Gasteiger charge is 2.28. The average molecular weight is 326 g/mol. The smallest absolute Gasteiger partial charge is 0.334 e. The van der Waals surface area contributed by atoms with E-state index in [1.807, 2.05) is 55.4 Å². The first-order valence-electron chi connectivity index (χ1n) is 8.63. The van der Waals surface area contributed by atoms with Crippen LogP contribution in [0, 0.1) is 23.7 Å². The molecule has 0 saturated carbocycles. The molecule has 0 saturated heterocycles. The van der Waals surface area contributed by atoms with Gasteiger partial charge in [0.15, 0.2) is 0 Å². The Hall–Kier alpha value is -1.32. The number of carboxylic acids is 1. The monoisotopic (exact) mass is 326 g/mol. The molecule has 0 radical (unpaired) electrons. The number of ether oxygens (including phenoxy) is 1. The maximum absolute atomic E-state index is 12.7. The lowest BCUT2D eigenvalue weighted by molar-refractivity contribution is -0.150. The predicted octanol–water partition coefficient (Wildman–Crippen LogP) is 4.68. The van der Waals surface area contributed by atoms with Gasteiger partial charge in [-0.1, -0.05) is 55.4 Å². The molecule has 1 N–H and O–H groups in total. The number of carbonyl (C=O) groups is 2. The summed E-state index contributed by atoms with van der Waals surface area (Å²) in [5.41, 5.74) is 0.525. The molecule has 0 aromatic carbocycles. The van der Waals surface area contributed by atoms with Gasteiger partial charge in [-0.2, -0.15) is 0 Å². The van der Waals surface area contributed by atoms with Crippen LogP contribution in [0.4, 0.5) is 0 Å². The molecule has 0 aliphatic carbocycles. The number of hydrogen-bond donors (Lipinski definition) is 1. The second kappa shape index (κ2) is 9.74. The highest BCUT2D eigenvalue weighted by molar-refractivity contribution is 5.99. The molecule has 0 fully saturated rings. The van der Waals surface area contributed by atoms with Gasteiger partial charge in [0.25, 0.3) is 0 Å². The summed E-state index contributed by atoms with van der Waals surface area (Å²) in [6.45, 7) is 15.9. The van der Waals surface area contributed by atoms with Crippen molar-refractivity contribution in [2.24, 2.45) is 23.7 Å². The minimum atomic E-state index is -1.02. The molecule has 0 rings (SSSR count). The Morgan fingerprint density at radius 2 is 1.17 bits per heavy atom. The van der Waals surface area contributed by atoms with E-state index in [1.54, 1.807) is 0 Å². The Balaban J connectivity index is 5.67. The van der Waals surface area contributed by atoms with E-state index in [1.165, 1.54) is 0 Å². The summed E-state index contributed by atoms with van der Waals surface area (Å²) < 4.78 is 5.69. The lowest BCUT2D eigenvalue weighted by atomic mass is 9.92. The van der Waals surface area contributed by atoms with Crippen molar-refractivity contribution < 1.29 is 19.4 Å². The van der Waals surface area contributed by atoms with Gasteiger partial charge >= 0.3 is 11.9 Å². The first kappa shape index (κ1) is 21.7. The first-order chi connectivity index (χ1) is 10.5. The average Bonchev–Trinajstić information content (AvgIpc) is 2.37. The quantitative estimate of drug-likeness (QED) is 0.493. The molecule has 0 aromatic heterocycles. The number of esters is 1. The van der Waals surface area contributed by atoms with E-state index in [-0.39, 0.29) is 35.3 Å². The summed E-state index contributed by atoms with van der Waals surface area (Å²) in [6.07, 6.45) is 0.593. The van der Waals surface area contributed by atoms with E-state index in [0.717, 1.165) is 0 Å². The largest absolute Gasteiger partial charge is 0.478 e. The fourth-order valence-corrected chi connectivity index (χ4v) is 2.72. The summed E-state index contributed by atoms with van der Waals surface area (Å²) in [5, 5.41) is 9.54. The predicted molar refractivity (Wildman–Crippen MR) is 93.1 cm³/mol. The van der Waals surface area contributed by atoms with Crippen molar-refractivity contribution in [3.05, 3.63) is 11.1 Å². The molecule has 0 unspecified atom stereocenters. The summed E-state index contributed by atoms with van der Waals surface area (Å²) in [5.74, 6) is -0.742. The third-order valence-electron chi connectivity index (χ3n) is 3.65. The molecule has 4 nitrogen and oxygen atoms in total. The van der Waals surface area contributed by atoms with Gasteiger partial charge in [0.1, 0.15) is 6.10 Å². The van der Waals surface area contributed by atoms with E-state index >= 15 is 0 Å². The maximum atomic E-state index is 12.7. The molecular formula is C19H34O4. The van der Waals surface area contributed by atoms with Gasteiger partial charge in [0, 0.05) is 11.1 Å². The van der Waals surface area contributed by atoms with Gasteiger partial charge in [-0.3, -0.25) is 0 Å². The van der Waals surface area contributed by atoms with Crippen LogP contribution in [0.2, 0.25) is 0 Å². The Bertz CT molecular complexity index is 423. The first-order valence-corrected chi connectivity index (χ1v) is 8.63. The molecule has 0 heterocycles. The number of rotatable bonds is 9. The normalized spacial score (nSPS) is 13.3. The van der Waals surface area contributed by atoms with Crippen molar-refractivity contribution in [2.45, 2.75) is 74.3 Å². The van der Waals surface area contributed by atoms with E-state index in [2.05, 4.69) is 0 Å². The SMILES string of the molecule is CC(C)C/C(C(=O)O)=C(\CC(C)C)C(=O)OC(C(C)C)C(C)C. The minimum absolute atomic E-state index is 0.169. The zero-order chi connectivity index (χ0) is 18.3. The molecule has 0 bridgehead atoms. The number of hydrogen-bond acceptors (Lipinski definition) is 3. The fourth-order valence-electron chi connectivity index (χ4n) is 2.72. The van der Waals surface area contributed by atoms with Crippen molar-refractivity contribution in [3.63, 3.8) is 0 Å². The third-order valence-corrected chi connectivity index (χ3v) is 3.65. The highest BCUT2D eigenvalue weighted by atomic mass is 16.5. The van der Waals surface area contributed by atoms with Gasteiger partial charge < -0.3 is 9.84 Å². The zero-order valence-electron chi connectivity index (χ0n) is 16.0. The minimum Gasteiger partial charge on any atom is -0.478 e. The summed E-state index contributed by atoms with van der Waals surface area (Å²) >= 11 is 0. The van der Waals surface area contributed by atoms with Crippen LogP contribution in [0.3, 0.4) is 0 Å². The third kappa shape index (κ3) is 7.67. The molecular weight excluding hydrogens is 292 g/mol. The second-order valence-corrected chi connectivity index (χ2v) is 7.82. The Kier molecular flexibility index (Phi) is 9.18. The van der Waals surface area contributed by atoms with Crippen LogP contribution in [-0.2, 0) is 14.3 Å². The Morgan fingerprint density at radius 3 is 1.48 bits per heavy atom. The zero-order valence-corrected chi connectivity index (χ0v) is 16.0. The molecule has 0 aromatic rings. The number of carboxylic acid groups (broad SMARTS) is 1. The lowest BCUT2D eigenvalue weighted by Gasteiger charge is -2.26. The molecule has 0 atom stereocenters. The highest BCUT2D eigenvalue weighted by Crippen LogP contribution is 2.25. The second-order valence-electron chi connectivity index (χ2n) is 7.82. The lowest BCUT2D eigenvalue weighted by Crippen LogP contribution is -2.30. The van der Waals surface area contributed by atoms with Crippen LogP contribution < -0.4 is 0 Å². The van der Waals surface area contributed by atoms with Crippen LogP contribution >= 0.6 is 0 Å². The van der Waals surface area contributed by atoms with Crippen LogP contribution in [-0.4, -0.2) is 23.1 Å². The Morgan fingerprint density at radius 1 is 0.783 bits per heavy atom. The molecule has 0 aliphatic heterocycles. The summed E-state index contributed by atoms with van der Waals surface area (Å²) in [7, 11) is 0. The van der Waals surface area contributed by atoms with E-state index < -0.39 is 11.9 Å². The van der Waals surface area contributed by atoms with Crippen molar-refractivity contribution in [3.8, 4) is 0 Å². The van der Waals surface area contributed by atoms with Crippen LogP contribution in [0.5, 0.6) is 0 Å².